The second-order valence-corrected chi connectivity index (χ2v) is 5.41. The molecule has 2 rings (SSSR count). The molecule has 0 heterocycles. The summed E-state index contributed by atoms with van der Waals surface area (Å²) >= 11 is 8.96. The minimum absolute atomic E-state index is 0.254. The summed E-state index contributed by atoms with van der Waals surface area (Å²) in [7, 11) is 0. The second-order valence-electron chi connectivity index (χ2n) is 4.15. The van der Waals surface area contributed by atoms with Crippen LogP contribution in [0.25, 0.3) is 0 Å². The monoisotopic (exact) mass is 372 g/mol. The molecule has 0 fully saturated rings. The van der Waals surface area contributed by atoms with Gasteiger partial charge in [0.25, 0.3) is 5.91 Å². The lowest BCUT2D eigenvalue weighted by Gasteiger charge is -2.09. The first kappa shape index (κ1) is 15.6. The summed E-state index contributed by atoms with van der Waals surface area (Å²) in [6, 6.07) is 8.98. The van der Waals surface area contributed by atoms with Crippen molar-refractivity contribution < 1.29 is 13.9 Å². The fourth-order valence-corrected chi connectivity index (χ4v) is 1.95. The Morgan fingerprint density at radius 3 is 2.81 bits per heavy atom. The first-order valence-corrected chi connectivity index (χ1v) is 7.05. The van der Waals surface area contributed by atoms with Gasteiger partial charge >= 0.3 is 0 Å². The third kappa shape index (κ3) is 4.34. The van der Waals surface area contributed by atoms with Crippen LogP contribution < -0.4 is 15.8 Å². The Balaban J connectivity index is 1.95. The molecule has 0 radical (unpaired) electrons. The number of anilines is 2. The molecule has 2 aromatic rings. The van der Waals surface area contributed by atoms with E-state index in [0.717, 1.165) is 0 Å². The minimum atomic E-state index is -0.466. The molecule has 0 aliphatic carbocycles. The molecular formula is C14H11BrClFN2O2. The van der Waals surface area contributed by atoms with Gasteiger partial charge in [-0.3, -0.25) is 4.79 Å². The molecule has 0 bridgehead atoms. The summed E-state index contributed by atoms with van der Waals surface area (Å²) in [4.78, 5) is 11.8. The van der Waals surface area contributed by atoms with E-state index in [2.05, 4.69) is 21.2 Å². The molecule has 2 aromatic carbocycles. The summed E-state index contributed by atoms with van der Waals surface area (Å²) in [5.41, 5.74) is 6.48. The van der Waals surface area contributed by atoms with Crippen LogP contribution in [0.5, 0.6) is 5.75 Å². The molecule has 0 saturated carbocycles. The van der Waals surface area contributed by atoms with E-state index in [4.69, 9.17) is 22.1 Å². The van der Waals surface area contributed by atoms with Crippen LogP contribution in [0.3, 0.4) is 0 Å². The van der Waals surface area contributed by atoms with Crippen LogP contribution in [0.15, 0.2) is 40.9 Å². The lowest BCUT2D eigenvalue weighted by atomic mass is 10.3. The lowest BCUT2D eigenvalue weighted by Crippen LogP contribution is -2.20. The molecule has 110 valence electrons. The lowest BCUT2D eigenvalue weighted by molar-refractivity contribution is -0.118. The highest BCUT2D eigenvalue weighted by Crippen LogP contribution is 2.24. The molecule has 0 unspecified atom stereocenters. The zero-order valence-corrected chi connectivity index (χ0v) is 13.0. The SMILES string of the molecule is Nc1ccc(Cl)c(NC(=O)COc2ccc(Br)c(F)c2)c1. The van der Waals surface area contributed by atoms with Gasteiger partial charge in [-0.2, -0.15) is 0 Å². The van der Waals surface area contributed by atoms with Crippen LogP contribution in [0.1, 0.15) is 0 Å². The fraction of sp³-hybridized carbons (Fsp3) is 0.0714. The van der Waals surface area contributed by atoms with Crippen molar-refractivity contribution in [1.29, 1.82) is 0 Å². The van der Waals surface area contributed by atoms with Gasteiger partial charge in [0.2, 0.25) is 0 Å². The number of ether oxygens (including phenoxy) is 1. The number of amides is 1. The highest BCUT2D eigenvalue weighted by Gasteiger charge is 2.08. The summed E-state index contributed by atoms with van der Waals surface area (Å²) in [5.74, 6) is -0.637. The van der Waals surface area contributed by atoms with Crippen LogP contribution in [0.4, 0.5) is 15.8 Å². The number of halogens is 3. The average Bonchev–Trinajstić information content (AvgIpc) is 2.44. The van der Waals surface area contributed by atoms with E-state index in [1.54, 1.807) is 24.3 Å². The topological polar surface area (TPSA) is 64.3 Å². The number of carbonyl (C=O) groups is 1. The average molecular weight is 374 g/mol. The van der Waals surface area contributed by atoms with E-state index < -0.39 is 11.7 Å². The maximum absolute atomic E-state index is 13.3. The molecule has 0 atom stereocenters. The predicted octanol–water partition coefficient (Wildman–Crippen LogP) is 3.84. The third-order valence-corrected chi connectivity index (χ3v) is 3.50. The zero-order chi connectivity index (χ0) is 15.4. The number of nitrogen functional groups attached to an aromatic ring is 1. The normalized spacial score (nSPS) is 10.2. The van der Waals surface area contributed by atoms with E-state index in [1.807, 2.05) is 0 Å². The summed E-state index contributed by atoms with van der Waals surface area (Å²) in [6.45, 7) is -0.272. The number of carbonyl (C=O) groups excluding carboxylic acids is 1. The Bertz CT molecular complexity index is 682. The number of rotatable bonds is 4. The number of nitrogens with two attached hydrogens (primary N) is 1. The van der Waals surface area contributed by atoms with Gasteiger partial charge in [-0.1, -0.05) is 11.6 Å². The van der Waals surface area contributed by atoms with E-state index in [1.165, 1.54) is 12.1 Å². The molecule has 0 aliphatic rings. The van der Waals surface area contributed by atoms with Gasteiger partial charge in [0.05, 0.1) is 15.2 Å². The van der Waals surface area contributed by atoms with Crippen molar-refractivity contribution in [3.63, 3.8) is 0 Å². The molecule has 7 heteroatoms. The van der Waals surface area contributed by atoms with E-state index in [9.17, 15) is 9.18 Å². The van der Waals surface area contributed by atoms with Crippen LogP contribution in [0.2, 0.25) is 5.02 Å². The Labute approximate surface area is 134 Å². The first-order chi connectivity index (χ1) is 9.95. The van der Waals surface area contributed by atoms with Crippen molar-refractivity contribution >= 4 is 44.8 Å². The summed E-state index contributed by atoms with van der Waals surface area (Å²) in [5, 5.41) is 2.94. The molecule has 1 amide bonds. The van der Waals surface area contributed by atoms with Gasteiger partial charge in [-0.05, 0) is 46.3 Å². The number of nitrogens with one attached hydrogen (secondary N) is 1. The molecule has 4 nitrogen and oxygen atoms in total. The van der Waals surface area contributed by atoms with Gasteiger partial charge < -0.3 is 15.8 Å². The van der Waals surface area contributed by atoms with Crippen molar-refractivity contribution in [3.8, 4) is 5.75 Å². The van der Waals surface area contributed by atoms with Gasteiger partial charge in [0.1, 0.15) is 11.6 Å². The van der Waals surface area contributed by atoms with Crippen LogP contribution in [-0.4, -0.2) is 12.5 Å². The highest BCUT2D eigenvalue weighted by molar-refractivity contribution is 9.10. The molecular weight excluding hydrogens is 363 g/mol. The molecule has 21 heavy (non-hydrogen) atoms. The van der Waals surface area contributed by atoms with Crippen molar-refractivity contribution in [2.75, 3.05) is 17.7 Å². The van der Waals surface area contributed by atoms with Gasteiger partial charge in [0.15, 0.2) is 6.61 Å². The van der Waals surface area contributed by atoms with Crippen LogP contribution in [0, 0.1) is 5.82 Å². The number of hydrogen-bond acceptors (Lipinski definition) is 3. The highest BCUT2D eigenvalue weighted by atomic mass is 79.9. The molecule has 0 aliphatic heterocycles. The number of hydrogen-bond donors (Lipinski definition) is 2. The van der Waals surface area contributed by atoms with Gasteiger partial charge in [-0.25, -0.2) is 4.39 Å². The first-order valence-electron chi connectivity index (χ1n) is 5.88. The fourth-order valence-electron chi connectivity index (χ4n) is 1.54. The van der Waals surface area contributed by atoms with Crippen molar-refractivity contribution in [1.82, 2.24) is 0 Å². The van der Waals surface area contributed by atoms with Crippen molar-refractivity contribution in [2.45, 2.75) is 0 Å². The Morgan fingerprint density at radius 2 is 2.10 bits per heavy atom. The Kier molecular flexibility index (Phi) is 5.03. The van der Waals surface area contributed by atoms with E-state index >= 15 is 0 Å². The Hall–Kier alpha value is -1.79. The minimum Gasteiger partial charge on any atom is -0.484 e. The van der Waals surface area contributed by atoms with Crippen LogP contribution in [-0.2, 0) is 4.79 Å². The standard InChI is InChI=1S/C14H11BrClFN2O2/c15-10-3-2-9(6-12(10)17)21-7-14(20)19-13-5-8(18)1-4-11(13)16/h1-6H,7,18H2,(H,19,20). The van der Waals surface area contributed by atoms with Crippen molar-refractivity contribution in [3.05, 3.63) is 51.7 Å². The number of benzene rings is 2. The van der Waals surface area contributed by atoms with Crippen LogP contribution >= 0.6 is 27.5 Å². The molecule has 0 saturated heterocycles. The molecule has 0 spiro atoms. The largest absolute Gasteiger partial charge is 0.484 e. The molecule has 3 N–H and O–H groups in total. The quantitative estimate of drug-likeness (QED) is 0.800. The maximum Gasteiger partial charge on any atom is 0.262 e. The van der Waals surface area contributed by atoms with E-state index in [0.29, 0.717) is 20.9 Å². The third-order valence-electron chi connectivity index (χ3n) is 2.53. The maximum atomic E-state index is 13.3. The van der Waals surface area contributed by atoms with Gasteiger partial charge in [-0.15, -0.1) is 0 Å². The molecule has 0 aromatic heterocycles. The zero-order valence-electron chi connectivity index (χ0n) is 10.7. The predicted molar refractivity (Wildman–Crippen MR) is 84.1 cm³/mol. The second kappa shape index (κ2) is 6.78. The Morgan fingerprint density at radius 1 is 1.33 bits per heavy atom. The van der Waals surface area contributed by atoms with Gasteiger partial charge in [0, 0.05) is 11.8 Å². The van der Waals surface area contributed by atoms with E-state index in [-0.39, 0.29) is 12.4 Å². The summed E-state index contributed by atoms with van der Waals surface area (Å²) < 4.78 is 18.8. The van der Waals surface area contributed by atoms with Crippen molar-refractivity contribution in [2.24, 2.45) is 0 Å². The smallest absolute Gasteiger partial charge is 0.262 e. The summed E-state index contributed by atoms with van der Waals surface area (Å²) in [6.07, 6.45) is 0.